The van der Waals surface area contributed by atoms with Crippen LogP contribution < -0.4 is 10.0 Å². The highest BCUT2D eigenvalue weighted by Gasteiger charge is 2.10. The van der Waals surface area contributed by atoms with Gasteiger partial charge >= 0.3 is 0 Å². The van der Waals surface area contributed by atoms with Crippen molar-refractivity contribution in [2.24, 2.45) is 0 Å². The Kier molecular flexibility index (Phi) is 2.09. The predicted octanol–water partition coefficient (Wildman–Crippen LogP) is 0.270. The average molecular weight is 169 g/mol. The molecule has 0 amide bonds. The van der Waals surface area contributed by atoms with E-state index in [4.69, 9.17) is 0 Å². The number of aromatic nitrogens is 1. The van der Waals surface area contributed by atoms with Gasteiger partial charge in [-0.2, -0.15) is 0 Å². The Balaban J connectivity index is 3.13. The van der Waals surface area contributed by atoms with E-state index in [-0.39, 0.29) is 11.5 Å². The largest absolute Gasteiger partial charge is 0.711 e. The normalized spacial score (nSPS) is 9.42. The molecule has 1 heterocycles. The zero-order chi connectivity index (χ0) is 9.14. The summed E-state index contributed by atoms with van der Waals surface area (Å²) < 4.78 is 0.521. The molecule has 1 N–H and O–H groups in total. The van der Waals surface area contributed by atoms with Crippen LogP contribution in [0.1, 0.15) is 0 Å². The van der Waals surface area contributed by atoms with Crippen LogP contribution in [0.3, 0.4) is 0 Å². The summed E-state index contributed by atoms with van der Waals surface area (Å²) in [5.74, 6) is 0.157. The number of nitrogens with one attached hydrogen (secondary N) is 1. The lowest BCUT2D eigenvalue weighted by Crippen LogP contribution is -2.29. The van der Waals surface area contributed by atoms with Gasteiger partial charge in [0.15, 0.2) is 0 Å². The highest BCUT2D eigenvalue weighted by atomic mass is 16.6. The Labute approximate surface area is 68.2 Å². The van der Waals surface area contributed by atoms with Crippen LogP contribution in [0.4, 0.5) is 11.5 Å². The van der Waals surface area contributed by atoms with Crippen molar-refractivity contribution in [2.75, 3.05) is 12.4 Å². The lowest BCUT2D eigenvalue weighted by molar-refractivity contribution is -0.591. The van der Waals surface area contributed by atoms with Crippen LogP contribution in [0, 0.1) is 15.3 Å². The maximum absolute atomic E-state index is 10.9. The van der Waals surface area contributed by atoms with Gasteiger partial charge in [-0.1, -0.05) is 0 Å². The van der Waals surface area contributed by atoms with E-state index in [1.54, 1.807) is 0 Å². The average Bonchev–Trinajstić information content (AvgIpc) is 2.05. The molecule has 0 aromatic carbocycles. The van der Waals surface area contributed by atoms with Crippen LogP contribution in [-0.2, 0) is 0 Å². The number of hydrogen-bond donors (Lipinski definition) is 1. The molecular formula is C6H7N3O3. The second-order valence-electron chi connectivity index (χ2n) is 2.10. The molecule has 6 heteroatoms. The molecule has 1 rings (SSSR count). The van der Waals surface area contributed by atoms with Crippen LogP contribution >= 0.6 is 0 Å². The summed E-state index contributed by atoms with van der Waals surface area (Å²) in [6.45, 7) is 0. The van der Waals surface area contributed by atoms with E-state index in [0.717, 1.165) is 12.3 Å². The van der Waals surface area contributed by atoms with Gasteiger partial charge in [-0.05, 0) is 0 Å². The fourth-order valence-corrected chi connectivity index (χ4v) is 0.772. The maximum atomic E-state index is 10.9. The SMILES string of the molecule is CNc1cc([N+](=O)[O-])cc[n+]1[O-]. The van der Waals surface area contributed by atoms with Crippen molar-refractivity contribution in [1.82, 2.24) is 0 Å². The minimum absolute atomic E-state index is 0.105. The van der Waals surface area contributed by atoms with Gasteiger partial charge in [0, 0.05) is 0 Å². The molecule has 1 aromatic rings. The summed E-state index contributed by atoms with van der Waals surface area (Å²) >= 11 is 0. The van der Waals surface area contributed by atoms with E-state index in [1.807, 2.05) is 0 Å². The summed E-state index contributed by atoms with van der Waals surface area (Å²) in [6.07, 6.45) is 1.09. The Hall–Kier alpha value is -1.85. The lowest BCUT2D eigenvalue weighted by atomic mass is 10.4. The Morgan fingerprint density at radius 3 is 2.83 bits per heavy atom. The van der Waals surface area contributed by atoms with Crippen LogP contribution in [0.2, 0.25) is 0 Å². The first-order chi connectivity index (χ1) is 5.65. The highest BCUT2D eigenvalue weighted by molar-refractivity contribution is 5.39. The lowest BCUT2D eigenvalue weighted by Gasteiger charge is -2.04. The number of rotatable bonds is 2. The zero-order valence-electron chi connectivity index (χ0n) is 6.35. The summed E-state index contributed by atoms with van der Waals surface area (Å²) in [7, 11) is 1.52. The molecule has 0 radical (unpaired) electrons. The molecule has 0 atom stereocenters. The van der Waals surface area contributed by atoms with Crippen molar-refractivity contribution in [3.63, 3.8) is 0 Å². The third kappa shape index (κ3) is 1.42. The molecule has 0 fully saturated rings. The van der Waals surface area contributed by atoms with Crippen molar-refractivity contribution < 1.29 is 9.65 Å². The topological polar surface area (TPSA) is 82.1 Å². The standard InChI is InChI=1S/C6H7N3O3/c1-7-6-4-5(9(11)12)2-3-8(6)10/h2-4,7H,1H3. The van der Waals surface area contributed by atoms with E-state index < -0.39 is 4.92 Å². The van der Waals surface area contributed by atoms with Crippen LogP contribution in [0.15, 0.2) is 18.3 Å². The molecule has 0 aliphatic carbocycles. The molecule has 1 aromatic heterocycles. The predicted molar refractivity (Wildman–Crippen MR) is 41.6 cm³/mol. The van der Waals surface area contributed by atoms with Crippen molar-refractivity contribution >= 4 is 11.5 Å². The summed E-state index contributed by atoms with van der Waals surface area (Å²) in [5, 5.41) is 23.6. The van der Waals surface area contributed by atoms with Crippen LogP contribution in [0.25, 0.3) is 0 Å². The third-order valence-electron chi connectivity index (χ3n) is 1.37. The summed E-state index contributed by atoms with van der Waals surface area (Å²) in [5.41, 5.74) is -0.105. The van der Waals surface area contributed by atoms with Crippen molar-refractivity contribution in [3.8, 4) is 0 Å². The van der Waals surface area contributed by atoms with Crippen LogP contribution in [-0.4, -0.2) is 12.0 Å². The van der Waals surface area contributed by atoms with E-state index in [2.05, 4.69) is 5.32 Å². The molecule has 12 heavy (non-hydrogen) atoms. The minimum Gasteiger partial charge on any atom is -0.711 e. The monoisotopic (exact) mass is 169 g/mol. The van der Waals surface area contributed by atoms with Crippen molar-refractivity contribution in [2.45, 2.75) is 0 Å². The molecule has 6 nitrogen and oxygen atoms in total. The fraction of sp³-hybridized carbons (Fsp3) is 0.167. The van der Waals surface area contributed by atoms with Gasteiger partial charge < -0.3 is 5.21 Å². The first-order valence-corrected chi connectivity index (χ1v) is 3.20. The summed E-state index contributed by atoms with van der Waals surface area (Å²) in [4.78, 5) is 9.69. The molecule has 0 unspecified atom stereocenters. The van der Waals surface area contributed by atoms with Crippen LogP contribution in [0.5, 0.6) is 0 Å². The number of nitro groups is 1. The van der Waals surface area contributed by atoms with Gasteiger partial charge in [0.1, 0.15) is 12.3 Å². The first-order valence-electron chi connectivity index (χ1n) is 3.20. The highest BCUT2D eigenvalue weighted by Crippen LogP contribution is 2.11. The fourth-order valence-electron chi connectivity index (χ4n) is 0.772. The second kappa shape index (κ2) is 3.04. The molecule has 0 spiro atoms. The van der Waals surface area contributed by atoms with Gasteiger partial charge in [0.25, 0.3) is 11.5 Å². The Bertz CT molecular complexity index is 313. The second-order valence-corrected chi connectivity index (χ2v) is 2.10. The van der Waals surface area contributed by atoms with Gasteiger partial charge in [-0.3, -0.25) is 15.4 Å². The molecule has 0 aliphatic heterocycles. The van der Waals surface area contributed by atoms with E-state index in [0.29, 0.717) is 4.73 Å². The van der Waals surface area contributed by atoms with E-state index in [1.165, 1.54) is 13.1 Å². The van der Waals surface area contributed by atoms with E-state index >= 15 is 0 Å². The quantitative estimate of drug-likeness (QED) is 0.298. The molecule has 0 bridgehead atoms. The number of anilines is 1. The van der Waals surface area contributed by atoms with E-state index in [9.17, 15) is 15.3 Å². The molecule has 0 saturated heterocycles. The zero-order valence-corrected chi connectivity index (χ0v) is 6.35. The minimum atomic E-state index is -0.555. The van der Waals surface area contributed by atoms with Crippen molar-refractivity contribution in [3.05, 3.63) is 33.7 Å². The number of pyridine rings is 1. The molecular weight excluding hydrogens is 162 g/mol. The molecule has 0 aliphatic rings. The van der Waals surface area contributed by atoms with Crippen molar-refractivity contribution in [1.29, 1.82) is 0 Å². The van der Waals surface area contributed by atoms with Gasteiger partial charge in [-0.25, -0.2) is 4.73 Å². The molecule has 0 saturated carbocycles. The Morgan fingerprint density at radius 1 is 1.67 bits per heavy atom. The van der Waals surface area contributed by atoms with Gasteiger partial charge in [0.05, 0.1) is 18.0 Å². The molecule has 64 valence electrons. The number of hydrogen-bond acceptors (Lipinski definition) is 4. The van der Waals surface area contributed by atoms with Gasteiger partial charge in [0.2, 0.25) is 0 Å². The maximum Gasteiger partial charge on any atom is 0.284 e. The smallest absolute Gasteiger partial charge is 0.284 e. The van der Waals surface area contributed by atoms with Gasteiger partial charge in [-0.15, -0.1) is 0 Å². The summed E-state index contributed by atoms with van der Waals surface area (Å²) in [6, 6.07) is 2.32. The Morgan fingerprint density at radius 2 is 2.33 bits per heavy atom. The third-order valence-corrected chi connectivity index (χ3v) is 1.37. The number of nitrogens with zero attached hydrogens (tertiary/aromatic N) is 2. The first kappa shape index (κ1) is 8.25.